The second kappa shape index (κ2) is 7.78. The van der Waals surface area contributed by atoms with Gasteiger partial charge in [0.2, 0.25) is 5.95 Å². The Labute approximate surface area is 192 Å². The lowest BCUT2D eigenvalue weighted by atomic mass is 9.81. The van der Waals surface area contributed by atoms with Crippen molar-refractivity contribution in [2.24, 2.45) is 0 Å². The third-order valence-electron chi connectivity index (χ3n) is 6.68. The van der Waals surface area contributed by atoms with Gasteiger partial charge in [-0.25, -0.2) is 14.8 Å². The maximum atomic E-state index is 11.6. The molecule has 0 radical (unpaired) electrons. The average Bonchev–Trinajstić information content (AvgIpc) is 3.44. The van der Waals surface area contributed by atoms with Gasteiger partial charge in [0.15, 0.2) is 0 Å². The summed E-state index contributed by atoms with van der Waals surface area (Å²) >= 11 is 6.01. The van der Waals surface area contributed by atoms with E-state index in [-0.39, 0.29) is 23.0 Å². The number of aromatic nitrogens is 2. The molecule has 1 saturated carbocycles. The van der Waals surface area contributed by atoms with Gasteiger partial charge in [0.05, 0.1) is 17.3 Å². The molecular weight excluding hydrogens is 422 g/mol. The van der Waals surface area contributed by atoms with Crippen LogP contribution in [0.1, 0.15) is 37.9 Å². The summed E-state index contributed by atoms with van der Waals surface area (Å²) in [5.41, 5.74) is 3.98. The van der Waals surface area contributed by atoms with Crippen LogP contribution < -0.4 is 16.0 Å². The van der Waals surface area contributed by atoms with Gasteiger partial charge in [0.1, 0.15) is 0 Å². The van der Waals surface area contributed by atoms with Crippen molar-refractivity contribution in [3.05, 3.63) is 77.1 Å². The van der Waals surface area contributed by atoms with E-state index in [0.717, 1.165) is 34.7 Å². The van der Waals surface area contributed by atoms with Crippen LogP contribution in [0.25, 0.3) is 11.1 Å². The minimum atomic E-state index is -0.324. The fourth-order valence-corrected chi connectivity index (χ4v) is 4.42. The lowest BCUT2D eigenvalue weighted by Gasteiger charge is -2.30. The Morgan fingerprint density at radius 1 is 1.03 bits per heavy atom. The first kappa shape index (κ1) is 20.8. The van der Waals surface area contributed by atoms with Crippen LogP contribution in [-0.2, 0) is 11.0 Å². The van der Waals surface area contributed by atoms with Crippen molar-refractivity contribution in [3.8, 4) is 11.1 Å². The van der Waals surface area contributed by atoms with Gasteiger partial charge < -0.3 is 16.0 Å². The Morgan fingerprint density at radius 3 is 2.28 bits per heavy atom. The first-order valence-corrected chi connectivity index (χ1v) is 11.3. The molecule has 164 valence electrons. The van der Waals surface area contributed by atoms with Crippen molar-refractivity contribution in [1.29, 1.82) is 0 Å². The molecule has 7 heteroatoms. The molecule has 3 aromatic rings. The number of urea groups is 1. The van der Waals surface area contributed by atoms with Crippen molar-refractivity contribution in [2.75, 3.05) is 11.9 Å². The van der Waals surface area contributed by atoms with E-state index in [4.69, 9.17) is 16.6 Å². The monoisotopic (exact) mass is 447 g/mol. The minimum Gasteiger partial charge on any atom is -0.345 e. The number of halogens is 1. The van der Waals surface area contributed by atoms with Gasteiger partial charge in [-0.2, -0.15) is 0 Å². The van der Waals surface area contributed by atoms with Gasteiger partial charge in [-0.05, 0) is 47.7 Å². The summed E-state index contributed by atoms with van der Waals surface area (Å²) < 4.78 is 0. The number of rotatable bonds is 6. The Balaban J connectivity index is 1.34. The van der Waals surface area contributed by atoms with Crippen molar-refractivity contribution < 1.29 is 4.79 Å². The summed E-state index contributed by atoms with van der Waals surface area (Å²) in [7, 11) is 0. The van der Waals surface area contributed by atoms with Crippen molar-refractivity contribution >= 4 is 23.6 Å². The molecule has 6 nitrogen and oxygen atoms in total. The van der Waals surface area contributed by atoms with Gasteiger partial charge in [0.25, 0.3) is 0 Å². The number of amides is 2. The molecule has 1 aromatic heterocycles. The van der Waals surface area contributed by atoms with E-state index in [1.165, 1.54) is 5.56 Å². The predicted molar refractivity (Wildman–Crippen MR) is 127 cm³/mol. The minimum absolute atomic E-state index is 0.0203. The number of hydrogen-bond acceptors (Lipinski definition) is 4. The summed E-state index contributed by atoms with van der Waals surface area (Å²) in [6.45, 7) is 4.78. The zero-order valence-electron chi connectivity index (χ0n) is 18.2. The first-order chi connectivity index (χ1) is 15.4. The molecule has 2 aromatic carbocycles. The lowest BCUT2D eigenvalue weighted by molar-refractivity contribution is 0.245. The molecule has 1 aliphatic carbocycles. The van der Waals surface area contributed by atoms with E-state index in [0.29, 0.717) is 12.5 Å². The highest BCUT2D eigenvalue weighted by atomic mass is 35.5. The van der Waals surface area contributed by atoms with E-state index >= 15 is 0 Å². The van der Waals surface area contributed by atoms with Crippen LogP contribution in [0.15, 0.2) is 60.8 Å². The van der Waals surface area contributed by atoms with Crippen LogP contribution in [0.4, 0.5) is 10.7 Å². The van der Waals surface area contributed by atoms with Crippen molar-refractivity contribution in [1.82, 2.24) is 20.6 Å². The zero-order chi connectivity index (χ0) is 22.3. The van der Waals surface area contributed by atoms with Crippen LogP contribution in [-0.4, -0.2) is 28.6 Å². The molecule has 0 bridgehead atoms. The SMILES string of the molecule is CC(C)(c1ccnc(NC2(c3ccc(-c4ccc(Cl)cc4)cc3)CC2)n1)C1CNC(=O)N1. The summed E-state index contributed by atoms with van der Waals surface area (Å²) in [4.78, 5) is 20.9. The highest BCUT2D eigenvalue weighted by Gasteiger charge is 2.45. The first-order valence-electron chi connectivity index (χ1n) is 10.9. The van der Waals surface area contributed by atoms with E-state index in [1.807, 2.05) is 30.3 Å². The fraction of sp³-hybridized carbons (Fsp3) is 0.320. The Hall–Kier alpha value is -3.12. The summed E-state index contributed by atoms with van der Waals surface area (Å²) in [6, 6.07) is 18.3. The molecular formula is C25H26ClN5O. The maximum absolute atomic E-state index is 11.6. The Morgan fingerprint density at radius 2 is 1.69 bits per heavy atom. The number of benzene rings is 2. The normalized spacial score (nSPS) is 19.2. The van der Waals surface area contributed by atoms with Gasteiger partial charge >= 0.3 is 6.03 Å². The average molecular weight is 448 g/mol. The van der Waals surface area contributed by atoms with Gasteiger partial charge in [0, 0.05) is 23.2 Å². The van der Waals surface area contributed by atoms with Crippen LogP contribution >= 0.6 is 11.6 Å². The topological polar surface area (TPSA) is 78.9 Å². The molecule has 5 rings (SSSR count). The smallest absolute Gasteiger partial charge is 0.315 e. The molecule has 3 N–H and O–H groups in total. The second-order valence-electron chi connectivity index (χ2n) is 9.19. The number of anilines is 1. The Bertz CT molecular complexity index is 1140. The van der Waals surface area contributed by atoms with E-state index in [9.17, 15) is 4.79 Å². The summed E-state index contributed by atoms with van der Waals surface area (Å²) in [5.74, 6) is 0.618. The van der Waals surface area contributed by atoms with Crippen molar-refractivity contribution in [3.63, 3.8) is 0 Å². The predicted octanol–water partition coefficient (Wildman–Crippen LogP) is 4.86. The molecule has 1 saturated heterocycles. The molecule has 2 heterocycles. The molecule has 2 amide bonds. The molecule has 1 atom stereocenters. The Kier molecular flexibility index (Phi) is 5.05. The maximum Gasteiger partial charge on any atom is 0.315 e. The van der Waals surface area contributed by atoms with Gasteiger partial charge in [-0.1, -0.05) is 61.8 Å². The van der Waals surface area contributed by atoms with E-state index in [1.54, 1.807) is 6.20 Å². The summed E-state index contributed by atoms with van der Waals surface area (Å²) in [6.07, 6.45) is 3.86. The molecule has 2 aliphatic rings. The highest BCUT2D eigenvalue weighted by Crippen LogP contribution is 2.48. The third kappa shape index (κ3) is 3.91. The third-order valence-corrected chi connectivity index (χ3v) is 6.93. The standard InChI is InChI=1S/C25H26ClN5O/c1-24(2,21-15-28-23(32)30-21)20-11-14-27-22(29-20)31-25(12-13-25)18-7-3-16(4-8-18)17-5-9-19(26)10-6-17/h3-11,14,21H,12-13,15H2,1-2H3,(H,27,29,31)(H2,28,30,32). The lowest BCUT2D eigenvalue weighted by Crippen LogP contribution is -2.44. The second-order valence-corrected chi connectivity index (χ2v) is 9.62. The molecule has 1 unspecified atom stereocenters. The van der Waals surface area contributed by atoms with Crippen LogP contribution in [0.2, 0.25) is 5.02 Å². The fourth-order valence-electron chi connectivity index (χ4n) is 4.30. The number of carbonyl (C=O) groups is 1. The largest absolute Gasteiger partial charge is 0.345 e. The van der Waals surface area contributed by atoms with Gasteiger partial charge in [-0.3, -0.25) is 0 Å². The van der Waals surface area contributed by atoms with E-state index in [2.05, 4.69) is 59.0 Å². The molecule has 2 fully saturated rings. The number of hydrogen-bond donors (Lipinski definition) is 3. The zero-order valence-corrected chi connectivity index (χ0v) is 18.9. The molecule has 1 aliphatic heterocycles. The van der Waals surface area contributed by atoms with Crippen molar-refractivity contribution in [2.45, 2.75) is 43.7 Å². The number of nitrogens with zero attached hydrogens (tertiary/aromatic N) is 2. The molecule has 0 spiro atoms. The van der Waals surface area contributed by atoms with Crippen LogP contribution in [0.5, 0.6) is 0 Å². The summed E-state index contributed by atoms with van der Waals surface area (Å²) in [5, 5.41) is 10.1. The van der Waals surface area contributed by atoms with Crippen LogP contribution in [0.3, 0.4) is 0 Å². The molecule has 32 heavy (non-hydrogen) atoms. The number of nitrogens with one attached hydrogen (secondary N) is 3. The number of carbonyl (C=O) groups excluding carboxylic acids is 1. The van der Waals surface area contributed by atoms with Gasteiger partial charge in [-0.15, -0.1) is 0 Å². The quantitative estimate of drug-likeness (QED) is 0.504. The van der Waals surface area contributed by atoms with E-state index < -0.39 is 0 Å². The highest BCUT2D eigenvalue weighted by molar-refractivity contribution is 6.30. The van der Waals surface area contributed by atoms with Crippen LogP contribution in [0, 0.1) is 0 Å².